The molecule has 0 N–H and O–H groups in total. The Morgan fingerprint density at radius 1 is 1.56 bits per heavy atom. The van der Waals surface area contributed by atoms with Crippen LogP contribution in [-0.2, 0) is 11.2 Å². The molecule has 2 rings (SSSR count). The quantitative estimate of drug-likeness (QED) is 0.818. The molecule has 18 heavy (non-hydrogen) atoms. The highest BCUT2D eigenvalue weighted by atomic mass is 16.2. The average Bonchev–Trinajstić information content (AvgIpc) is 2.46. The summed E-state index contributed by atoms with van der Waals surface area (Å²) in [6, 6.07) is 3.96. The van der Waals surface area contributed by atoms with Gasteiger partial charge in [0.05, 0.1) is 0 Å². The Morgan fingerprint density at radius 3 is 3.17 bits per heavy atom. The number of aryl methyl sites for hydroxylation is 1. The van der Waals surface area contributed by atoms with Crippen LogP contribution in [0.15, 0.2) is 24.5 Å². The number of aromatic nitrogens is 1. The van der Waals surface area contributed by atoms with Gasteiger partial charge in [-0.2, -0.15) is 0 Å². The number of amides is 1. The average molecular weight is 246 g/mol. The van der Waals surface area contributed by atoms with Crippen LogP contribution in [0.25, 0.3) is 0 Å². The lowest BCUT2D eigenvalue weighted by Crippen LogP contribution is -2.39. The second-order valence-corrected chi connectivity index (χ2v) is 5.12. The molecule has 3 nitrogen and oxygen atoms in total. The van der Waals surface area contributed by atoms with Gasteiger partial charge in [-0.15, -0.1) is 0 Å². The molecule has 1 amide bonds. The van der Waals surface area contributed by atoms with Gasteiger partial charge in [0.1, 0.15) is 0 Å². The van der Waals surface area contributed by atoms with Crippen LogP contribution in [0.4, 0.5) is 0 Å². The summed E-state index contributed by atoms with van der Waals surface area (Å²) in [5.41, 5.74) is 1.15. The molecule has 1 aliphatic heterocycles. The monoisotopic (exact) mass is 246 g/mol. The number of carbonyl (C=O) groups excluding carboxylic acids is 1. The molecule has 1 fully saturated rings. The number of likely N-dealkylation sites (tertiary alicyclic amines) is 1. The van der Waals surface area contributed by atoms with Crippen molar-refractivity contribution in [2.75, 3.05) is 13.1 Å². The van der Waals surface area contributed by atoms with Gasteiger partial charge < -0.3 is 4.90 Å². The molecular formula is C15H22N2O. The maximum atomic E-state index is 12.1. The van der Waals surface area contributed by atoms with E-state index < -0.39 is 0 Å². The van der Waals surface area contributed by atoms with E-state index in [1.54, 1.807) is 6.20 Å². The summed E-state index contributed by atoms with van der Waals surface area (Å²) in [6.45, 7) is 4.12. The van der Waals surface area contributed by atoms with Gasteiger partial charge in [-0.25, -0.2) is 0 Å². The fourth-order valence-electron chi connectivity index (χ4n) is 2.58. The molecule has 0 saturated carbocycles. The minimum absolute atomic E-state index is 0.303. The van der Waals surface area contributed by atoms with E-state index in [-0.39, 0.29) is 0 Å². The molecule has 98 valence electrons. The summed E-state index contributed by atoms with van der Waals surface area (Å²) in [4.78, 5) is 18.3. The summed E-state index contributed by atoms with van der Waals surface area (Å²) >= 11 is 0. The molecular weight excluding hydrogens is 224 g/mol. The topological polar surface area (TPSA) is 33.2 Å². The van der Waals surface area contributed by atoms with Crippen molar-refractivity contribution in [1.29, 1.82) is 0 Å². The van der Waals surface area contributed by atoms with E-state index in [4.69, 9.17) is 0 Å². The van der Waals surface area contributed by atoms with Crippen molar-refractivity contribution >= 4 is 5.91 Å². The summed E-state index contributed by atoms with van der Waals surface area (Å²) in [5.74, 6) is 1.01. The minimum Gasteiger partial charge on any atom is -0.342 e. The first-order valence-corrected chi connectivity index (χ1v) is 6.96. The van der Waals surface area contributed by atoms with Crippen LogP contribution in [0.2, 0.25) is 0 Å². The highest BCUT2D eigenvalue weighted by molar-refractivity contribution is 5.76. The van der Waals surface area contributed by atoms with Crippen molar-refractivity contribution in [1.82, 2.24) is 9.88 Å². The number of hydrogen-bond donors (Lipinski definition) is 0. The van der Waals surface area contributed by atoms with Crippen LogP contribution in [-0.4, -0.2) is 28.9 Å². The first kappa shape index (κ1) is 13.1. The summed E-state index contributed by atoms with van der Waals surface area (Å²) in [5, 5.41) is 0. The molecule has 0 bridgehead atoms. The molecule has 0 aliphatic carbocycles. The van der Waals surface area contributed by atoms with Gasteiger partial charge in [0.15, 0.2) is 0 Å². The third-order valence-corrected chi connectivity index (χ3v) is 3.80. The highest BCUT2D eigenvalue weighted by Gasteiger charge is 2.21. The Hall–Kier alpha value is -1.38. The third-order valence-electron chi connectivity index (χ3n) is 3.80. The molecule has 0 radical (unpaired) electrons. The van der Waals surface area contributed by atoms with Crippen molar-refractivity contribution in [3.05, 3.63) is 30.1 Å². The second-order valence-electron chi connectivity index (χ2n) is 5.12. The Kier molecular flexibility index (Phi) is 4.73. The Morgan fingerprint density at radius 2 is 2.44 bits per heavy atom. The van der Waals surface area contributed by atoms with E-state index in [9.17, 15) is 4.79 Å². The Labute approximate surface area is 109 Å². The predicted molar refractivity (Wildman–Crippen MR) is 72.2 cm³/mol. The number of pyridine rings is 1. The van der Waals surface area contributed by atoms with Crippen LogP contribution in [0.5, 0.6) is 0 Å². The highest BCUT2D eigenvalue weighted by Crippen LogP contribution is 2.20. The zero-order valence-electron chi connectivity index (χ0n) is 11.1. The van der Waals surface area contributed by atoms with E-state index in [1.165, 1.54) is 12.8 Å². The van der Waals surface area contributed by atoms with Crippen LogP contribution in [0.1, 0.15) is 38.2 Å². The van der Waals surface area contributed by atoms with E-state index in [1.807, 2.05) is 23.2 Å². The van der Waals surface area contributed by atoms with Gasteiger partial charge in [-0.3, -0.25) is 9.78 Å². The van der Waals surface area contributed by atoms with Crippen molar-refractivity contribution in [3.8, 4) is 0 Å². The molecule has 1 aromatic rings. The van der Waals surface area contributed by atoms with Gasteiger partial charge in [0.25, 0.3) is 0 Å². The first-order chi connectivity index (χ1) is 8.79. The molecule has 0 spiro atoms. The summed E-state index contributed by atoms with van der Waals surface area (Å²) in [6.07, 6.45) is 8.66. The lowest BCUT2D eigenvalue weighted by molar-refractivity contribution is -0.133. The van der Waals surface area contributed by atoms with Crippen molar-refractivity contribution in [3.63, 3.8) is 0 Å². The van der Waals surface area contributed by atoms with Crippen LogP contribution < -0.4 is 0 Å². The molecule has 1 unspecified atom stereocenters. The van der Waals surface area contributed by atoms with Crippen LogP contribution in [0, 0.1) is 5.92 Å². The van der Waals surface area contributed by atoms with E-state index in [2.05, 4.69) is 11.9 Å². The maximum Gasteiger partial charge on any atom is 0.222 e. The van der Waals surface area contributed by atoms with E-state index in [0.717, 1.165) is 31.5 Å². The standard InChI is InChI=1S/C15H22N2O/c1-2-13-6-4-10-17(12-13)15(18)8-7-14-5-3-9-16-11-14/h3,5,9,11,13H,2,4,6-8,10,12H2,1H3. The number of nitrogens with zero attached hydrogens (tertiary/aromatic N) is 2. The van der Waals surface area contributed by atoms with Gasteiger partial charge in [-0.1, -0.05) is 19.4 Å². The zero-order chi connectivity index (χ0) is 12.8. The summed E-state index contributed by atoms with van der Waals surface area (Å²) in [7, 11) is 0. The van der Waals surface area contributed by atoms with Crippen LogP contribution >= 0.6 is 0 Å². The fourth-order valence-corrected chi connectivity index (χ4v) is 2.58. The number of rotatable bonds is 4. The van der Waals surface area contributed by atoms with Crippen molar-refractivity contribution in [2.24, 2.45) is 5.92 Å². The van der Waals surface area contributed by atoms with Gasteiger partial charge in [-0.05, 0) is 36.8 Å². The second kappa shape index (κ2) is 6.53. The molecule has 1 atom stereocenters. The number of carbonyl (C=O) groups is 1. The molecule has 1 aliphatic rings. The zero-order valence-corrected chi connectivity index (χ0v) is 11.1. The third kappa shape index (κ3) is 3.56. The molecule has 3 heteroatoms. The molecule has 1 aromatic heterocycles. The number of piperidine rings is 1. The van der Waals surface area contributed by atoms with Gasteiger partial charge in [0.2, 0.25) is 5.91 Å². The normalized spacial score (nSPS) is 19.8. The SMILES string of the molecule is CCC1CCCN(C(=O)CCc2cccnc2)C1. The van der Waals surface area contributed by atoms with E-state index in [0.29, 0.717) is 18.2 Å². The fraction of sp³-hybridized carbons (Fsp3) is 0.600. The van der Waals surface area contributed by atoms with E-state index >= 15 is 0 Å². The first-order valence-electron chi connectivity index (χ1n) is 6.96. The maximum absolute atomic E-state index is 12.1. The smallest absolute Gasteiger partial charge is 0.222 e. The molecule has 0 aromatic carbocycles. The minimum atomic E-state index is 0.303. The number of hydrogen-bond acceptors (Lipinski definition) is 2. The van der Waals surface area contributed by atoms with Crippen LogP contribution in [0.3, 0.4) is 0 Å². The molecule has 1 saturated heterocycles. The molecule has 2 heterocycles. The van der Waals surface area contributed by atoms with Crippen molar-refractivity contribution < 1.29 is 4.79 Å². The lowest BCUT2D eigenvalue weighted by atomic mass is 9.95. The lowest BCUT2D eigenvalue weighted by Gasteiger charge is -2.32. The summed E-state index contributed by atoms with van der Waals surface area (Å²) < 4.78 is 0. The predicted octanol–water partition coefficient (Wildman–Crippen LogP) is 2.66. The van der Waals surface area contributed by atoms with Crippen molar-refractivity contribution in [2.45, 2.75) is 39.0 Å². The van der Waals surface area contributed by atoms with Gasteiger partial charge >= 0.3 is 0 Å². The largest absolute Gasteiger partial charge is 0.342 e. The van der Waals surface area contributed by atoms with Gasteiger partial charge in [0, 0.05) is 31.9 Å². The Balaban J connectivity index is 1.81. The Bertz CT molecular complexity index is 377.